The minimum Gasteiger partial charge on any atom is -0.495 e. The lowest BCUT2D eigenvalue weighted by molar-refractivity contribution is 0.403. The maximum atomic E-state index is 12.5. The van der Waals surface area contributed by atoms with Crippen molar-refractivity contribution in [3.63, 3.8) is 0 Å². The molecule has 5 heteroatoms. The summed E-state index contributed by atoms with van der Waals surface area (Å²) in [4.78, 5) is 0.461. The topological polar surface area (TPSA) is 69.4 Å². The van der Waals surface area contributed by atoms with Gasteiger partial charge < -0.3 is 10.5 Å². The molecule has 0 fully saturated rings. The van der Waals surface area contributed by atoms with E-state index in [-0.39, 0.29) is 9.79 Å². The quantitative estimate of drug-likeness (QED) is 0.681. The smallest absolute Gasteiger partial charge is 0.211 e. The highest BCUT2D eigenvalue weighted by atomic mass is 32.2. The Balaban J connectivity index is 2.53. The van der Waals surface area contributed by atoms with Crippen LogP contribution < -0.4 is 10.5 Å². The van der Waals surface area contributed by atoms with Gasteiger partial charge in [0.15, 0.2) is 0 Å². The largest absolute Gasteiger partial charge is 0.495 e. The molecule has 0 spiro atoms. The molecule has 0 saturated carbocycles. The van der Waals surface area contributed by atoms with Gasteiger partial charge in [0, 0.05) is 16.8 Å². The molecule has 3 rings (SSSR count). The third-order valence-corrected chi connectivity index (χ3v) is 4.97. The Kier molecular flexibility index (Phi) is 2.15. The summed E-state index contributed by atoms with van der Waals surface area (Å²) in [5, 5.41) is 0. The molecule has 0 aliphatic carbocycles. The molecule has 1 aliphatic heterocycles. The van der Waals surface area contributed by atoms with Crippen LogP contribution in [-0.4, -0.2) is 15.5 Å². The van der Waals surface area contributed by atoms with Crippen LogP contribution in [-0.2, 0) is 9.84 Å². The molecule has 0 aromatic heterocycles. The molecular weight excluding hydrogens is 250 g/mol. The number of fused-ring (bicyclic) bond motifs is 3. The van der Waals surface area contributed by atoms with E-state index in [4.69, 9.17) is 10.5 Å². The van der Waals surface area contributed by atoms with Gasteiger partial charge in [-0.05, 0) is 18.2 Å². The normalized spacial score (nSPS) is 14.9. The molecule has 2 aromatic carbocycles. The molecule has 92 valence electrons. The Hall–Kier alpha value is -2.01. The van der Waals surface area contributed by atoms with Crippen molar-refractivity contribution in [2.45, 2.75) is 9.79 Å². The predicted molar refractivity (Wildman–Crippen MR) is 68.3 cm³/mol. The molecule has 2 aromatic rings. The fraction of sp³-hybridized carbons (Fsp3) is 0.0769. The average Bonchev–Trinajstić information content (AvgIpc) is 2.61. The highest BCUT2D eigenvalue weighted by Gasteiger charge is 2.37. The van der Waals surface area contributed by atoms with Gasteiger partial charge in [-0.15, -0.1) is 0 Å². The second kappa shape index (κ2) is 3.49. The van der Waals surface area contributed by atoms with Crippen LogP contribution >= 0.6 is 0 Å². The minimum atomic E-state index is -3.54. The van der Waals surface area contributed by atoms with Crippen molar-refractivity contribution in [2.75, 3.05) is 12.8 Å². The SMILES string of the molecule is COc1ccc(N)c2c1S(=O)(=O)c1ccccc1-2. The molecule has 18 heavy (non-hydrogen) atoms. The summed E-state index contributed by atoms with van der Waals surface area (Å²) in [5.41, 5.74) is 7.54. The molecule has 0 atom stereocenters. The fourth-order valence-electron chi connectivity index (χ4n) is 2.30. The predicted octanol–water partition coefficient (Wildman–Crippen LogP) is 2.09. The molecule has 0 unspecified atom stereocenters. The van der Waals surface area contributed by atoms with E-state index in [1.54, 1.807) is 36.4 Å². The summed E-state index contributed by atoms with van der Waals surface area (Å²) in [6.45, 7) is 0. The monoisotopic (exact) mass is 261 g/mol. The van der Waals surface area contributed by atoms with Crippen LogP contribution in [0.15, 0.2) is 46.2 Å². The number of methoxy groups -OCH3 is 1. The summed E-state index contributed by atoms with van der Waals surface area (Å²) in [6, 6.07) is 10.1. The van der Waals surface area contributed by atoms with Gasteiger partial charge in [0.1, 0.15) is 10.6 Å². The Bertz CT molecular complexity index is 751. The third-order valence-electron chi connectivity index (χ3n) is 3.09. The molecule has 0 amide bonds. The van der Waals surface area contributed by atoms with E-state index >= 15 is 0 Å². The van der Waals surface area contributed by atoms with Crippen molar-refractivity contribution in [3.05, 3.63) is 36.4 Å². The molecule has 4 nitrogen and oxygen atoms in total. The second-order valence-electron chi connectivity index (χ2n) is 4.06. The Morgan fingerprint density at radius 2 is 1.83 bits per heavy atom. The summed E-state index contributed by atoms with van der Waals surface area (Å²) in [5.74, 6) is 0.329. The van der Waals surface area contributed by atoms with Gasteiger partial charge >= 0.3 is 0 Å². The summed E-state index contributed by atoms with van der Waals surface area (Å²) >= 11 is 0. The van der Waals surface area contributed by atoms with Crippen molar-refractivity contribution in [1.29, 1.82) is 0 Å². The number of anilines is 1. The Morgan fingerprint density at radius 1 is 1.11 bits per heavy atom. The van der Waals surface area contributed by atoms with Crippen LogP contribution in [0.4, 0.5) is 5.69 Å². The first-order chi connectivity index (χ1) is 8.57. The van der Waals surface area contributed by atoms with Crippen LogP contribution in [0.1, 0.15) is 0 Å². The molecule has 2 N–H and O–H groups in total. The Labute approximate surface area is 105 Å². The van der Waals surface area contributed by atoms with E-state index in [0.29, 0.717) is 22.6 Å². The zero-order valence-corrected chi connectivity index (χ0v) is 10.5. The zero-order chi connectivity index (χ0) is 12.9. The third kappa shape index (κ3) is 1.22. The number of sulfone groups is 1. The summed E-state index contributed by atoms with van der Waals surface area (Å²) < 4.78 is 30.1. The summed E-state index contributed by atoms with van der Waals surface area (Å²) in [6.07, 6.45) is 0. The molecule has 0 radical (unpaired) electrons. The lowest BCUT2D eigenvalue weighted by Crippen LogP contribution is -2.00. The molecule has 1 heterocycles. The van der Waals surface area contributed by atoms with Crippen LogP contribution in [0.25, 0.3) is 11.1 Å². The van der Waals surface area contributed by atoms with Gasteiger partial charge in [-0.3, -0.25) is 0 Å². The van der Waals surface area contributed by atoms with Crippen molar-refractivity contribution in [2.24, 2.45) is 0 Å². The first-order valence-corrected chi connectivity index (χ1v) is 6.86. The van der Waals surface area contributed by atoms with E-state index in [9.17, 15) is 8.42 Å². The van der Waals surface area contributed by atoms with E-state index in [0.717, 1.165) is 0 Å². The van der Waals surface area contributed by atoms with Crippen molar-refractivity contribution in [3.8, 4) is 16.9 Å². The minimum absolute atomic E-state index is 0.172. The van der Waals surface area contributed by atoms with E-state index < -0.39 is 9.84 Å². The summed E-state index contributed by atoms with van der Waals surface area (Å²) in [7, 11) is -2.09. The van der Waals surface area contributed by atoms with Gasteiger partial charge in [0.05, 0.1) is 12.0 Å². The zero-order valence-electron chi connectivity index (χ0n) is 9.67. The highest BCUT2D eigenvalue weighted by molar-refractivity contribution is 7.92. The molecule has 0 bridgehead atoms. The lowest BCUT2D eigenvalue weighted by atomic mass is 10.0. The number of rotatable bonds is 1. The first kappa shape index (κ1) is 11.1. The molecule has 0 saturated heterocycles. The highest BCUT2D eigenvalue weighted by Crippen LogP contribution is 2.49. The van der Waals surface area contributed by atoms with Gasteiger partial charge in [0.25, 0.3) is 0 Å². The van der Waals surface area contributed by atoms with Crippen LogP contribution in [0.3, 0.4) is 0 Å². The van der Waals surface area contributed by atoms with E-state index in [1.807, 2.05) is 0 Å². The Morgan fingerprint density at radius 3 is 2.56 bits per heavy atom. The van der Waals surface area contributed by atoms with Crippen molar-refractivity contribution < 1.29 is 13.2 Å². The van der Waals surface area contributed by atoms with Gasteiger partial charge in [0.2, 0.25) is 9.84 Å². The van der Waals surface area contributed by atoms with Crippen LogP contribution in [0.2, 0.25) is 0 Å². The number of nitrogen functional groups attached to an aromatic ring is 1. The number of nitrogens with two attached hydrogens (primary N) is 1. The second-order valence-corrected chi connectivity index (χ2v) is 5.92. The molecule has 1 aliphatic rings. The van der Waals surface area contributed by atoms with E-state index in [1.165, 1.54) is 7.11 Å². The van der Waals surface area contributed by atoms with Gasteiger partial charge in [-0.1, -0.05) is 18.2 Å². The molecular formula is C13H11NO3S. The van der Waals surface area contributed by atoms with Gasteiger partial charge in [-0.25, -0.2) is 8.42 Å². The number of hydrogen-bond acceptors (Lipinski definition) is 4. The first-order valence-electron chi connectivity index (χ1n) is 5.38. The van der Waals surface area contributed by atoms with E-state index in [2.05, 4.69) is 0 Å². The fourth-order valence-corrected chi connectivity index (χ4v) is 4.15. The van der Waals surface area contributed by atoms with Crippen LogP contribution in [0.5, 0.6) is 5.75 Å². The van der Waals surface area contributed by atoms with Gasteiger partial charge in [-0.2, -0.15) is 0 Å². The average molecular weight is 261 g/mol. The number of benzene rings is 2. The standard InChI is InChI=1S/C13H11NO3S/c1-17-10-7-6-9(14)12-8-4-2-3-5-11(8)18(15,16)13(10)12/h2-7H,14H2,1H3. The van der Waals surface area contributed by atoms with Crippen molar-refractivity contribution >= 4 is 15.5 Å². The van der Waals surface area contributed by atoms with Crippen molar-refractivity contribution in [1.82, 2.24) is 0 Å². The number of hydrogen-bond donors (Lipinski definition) is 1. The maximum Gasteiger partial charge on any atom is 0.211 e. The van der Waals surface area contributed by atoms with Crippen LogP contribution in [0, 0.1) is 0 Å². The maximum absolute atomic E-state index is 12.5. The lowest BCUT2D eigenvalue weighted by Gasteiger charge is -2.08. The number of ether oxygens (including phenoxy) is 1.